The summed E-state index contributed by atoms with van der Waals surface area (Å²) in [5.74, 6) is -0.472. The Hall–Kier alpha value is -0.437. The van der Waals surface area contributed by atoms with Crippen molar-refractivity contribution >= 4 is 11.9 Å². The fourth-order valence-electron chi connectivity index (χ4n) is 0.644. The Morgan fingerprint density at radius 2 is 1.12 bits per heavy atom. The van der Waals surface area contributed by atoms with Gasteiger partial charge in [0.05, 0.1) is 12.2 Å². The molecule has 0 atom stereocenters. The topological polar surface area (TPSA) is 52.6 Å². The molecule has 0 aliphatic heterocycles. The predicted molar refractivity (Wildman–Crippen MR) is 62.4 cm³/mol. The molecule has 5 heteroatoms. The van der Waals surface area contributed by atoms with Crippen molar-refractivity contribution in [2.45, 2.75) is 52.7 Å². The monoisotopic (exact) mass is 294 g/mol. The Labute approximate surface area is 117 Å². The predicted octanol–water partition coefficient (Wildman–Crippen LogP) is 2.32. The number of rotatable bonds is 4. The molecule has 0 aromatic rings. The molecule has 96 valence electrons. The summed E-state index contributed by atoms with van der Waals surface area (Å²) >= 11 is 0. The van der Waals surface area contributed by atoms with Gasteiger partial charge >= 0.3 is 19.5 Å². The molecule has 0 saturated carbocycles. The minimum Gasteiger partial charge on any atom is -0.465 e. The fourth-order valence-corrected chi connectivity index (χ4v) is 0.644. The van der Waals surface area contributed by atoms with Gasteiger partial charge in [-0.25, -0.2) is 0 Å². The largest absolute Gasteiger partial charge is 2.00 e. The van der Waals surface area contributed by atoms with Crippen LogP contribution in [0.3, 0.4) is 0 Å². The molecule has 0 fully saturated rings. The van der Waals surface area contributed by atoms with Gasteiger partial charge in [0.1, 0.15) is 0 Å². The van der Waals surface area contributed by atoms with E-state index < -0.39 is 0 Å². The van der Waals surface area contributed by atoms with E-state index in [4.69, 9.17) is 9.47 Å². The van der Waals surface area contributed by atoms with Gasteiger partial charge in [-0.05, 0) is 27.7 Å². The van der Waals surface area contributed by atoms with Gasteiger partial charge in [0.2, 0.25) is 0 Å². The molecule has 0 aromatic carbocycles. The second kappa shape index (κ2) is 13.6. The Morgan fingerprint density at radius 3 is 1.18 bits per heavy atom. The van der Waals surface area contributed by atoms with E-state index in [-0.39, 0.29) is 56.5 Å². The van der Waals surface area contributed by atoms with E-state index in [1.165, 1.54) is 0 Å². The van der Waals surface area contributed by atoms with Gasteiger partial charge in [-0.2, -0.15) is 0 Å². The number of hydrogen-bond donors (Lipinski definition) is 0. The number of hydrogen-bond acceptors (Lipinski definition) is 4. The third kappa shape index (κ3) is 21.4. The van der Waals surface area contributed by atoms with E-state index in [0.717, 1.165) is 0 Å². The molecule has 17 heavy (non-hydrogen) atoms. The van der Waals surface area contributed by atoms with Crippen LogP contribution in [-0.4, -0.2) is 24.1 Å². The minimum absolute atomic E-state index is 0. The summed E-state index contributed by atoms with van der Waals surface area (Å²) in [7, 11) is 0. The van der Waals surface area contributed by atoms with Gasteiger partial charge in [-0.3, -0.25) is 9.59 Å². The first-order chi connectivity index (χ1) is 7.33. The second-order valence-corrected chi connectivity index (χ2v) is 3.58. The molecule has 0 rings (SSSR count). The van der Waals surface area contributed by atoms with E-state index in [1.807, 2.05) is 27.7 Å². The summed E-state index contributed by atoms with van der Waals surface area (Å²) < 4.78 is 9.40. The number of esters is 2. The van der Waals surface area contributed by atoms with E-state index in [0.29, 0.717) is 0 Å². The molecule has 0 aliphatic rings. The maximum atomic E-state index is 10.3. The molecule has 0 spiro atoms. The van der Waals surface area contributed by atoms with Gasteiger partial charge in [0.15, 0.2) is 0 Å². The molecular formula is C12H22O4Zn. The van der Waals surface area contributed by atoms with Gasteiger partial charge in [-0.1, -0.05) is 12.8 Å². The molecule has 0 heterocycles. The summed E-state index contributed by atoms with van der Waals surface area (Å²) in [5, 5.41) is 0. The second-order valence-electron chi connectivity index (χ2n) is 3.58. The zero-order chi connectivity index (χ0) is 13.1. The maximum Gasteiger partial charge on any atom is 2.00 e. The summed E-state index contributed by atoms with van der Waals surface area (Å²) in [4.78, 5) is 20.7. The summed E-state index contributed by atoms with van der Waals surface area (Å²) in [6.07, 6.45) is 0.421. The van der Waals surface area contributed by atoms with Crippen LogP contribution in [0.5, 0.6) is 0 Å². The van der Waals surface area contributed by atoms with E-state index in [2.05, 4.69) is 13.8 Å². The van der Waals surface area contributed by atoms with Crippen LogP contribution in [0.1, 0.15) is 40.5 Å². The molecule has 4 nitrogen and oxygen atoms in total. The van der Waals surface area contributed by atoms with Crippen molar-refractivity contribution in [3.05, 3.63) is 13.8 Å². The Balaban J connectivity index is -0.000000218. The van der Waals surface area contributed by atoms with Gasteiger partial charge in [0.25, 0.3) is 11.9 Å². The van der Waals surface area contributed by atoms with Crippen LogP contribution in [0.25, 0.3) is 0 Å². The molecular weight excluding hydrogens is 274 g/mol. The smallest absolute Gasteiger partial charge is 0.465 e. The Bertz CT molecular complexity index is 181. The molecule has 0 aromatic heterocycles. The average molecular weight is 296 g/mol. The van der Waals surface area contributed by atoms with Crippen LogP contribution in [-0.2, 0) is 38.5 Å². The first-order valence-corrected chi connectivity index (χ1v) is 5.30. The van der Waals surface area contributed by atoms with Crippen molar-refractivity contribution in [3.8, 4) is 0 Å². The van der Waals surface area contributed by atoms with Crippen molar-refractivity contribution in [2.75, 3.05) is 0 Å². The van der Waals surface area contributed by atoms with Crippen molar-refractivity contribution in [2.24, 2.45) is 0 Å². The van der Waals surface area contributed by atoms with Crippen LogP contribution in [0.2, 0.25) is 0 Å². The third-order valence-electron chi connectivity index (χ3n) is 1.14. The van der Waals surface area contributed by atoms with Crippen molar-refractivity contribution in [3.63, 3.8) is 0 Å². The fraction of sp³-hybridized carbons (Fsp3) is 0.667. The van der Waals surface area contributed by atoms with Gasteiger partial charge < -0.3 is 23.3 Å². The van der Waals surface area contributed by atoms with Crippen molar-refractivity contribution < 1.29 is 38.5 Å². The van der Waals surface area contributed by atoms with Crippen molar-refractivity contribution in [1.29, 1.82) is 0 Å². The average Bonchev–Trinajstić information content (AvgIpc) is 2.16. The first kappa shape index (κ1) is 21.8. The zero-order valence-electron chi connectivity index (χ0n) is 11.3. The molecule has 0 amide bonds. The third-order valence-corrected chi connectivity index (χ3v) is 1.14. The molecule has 0 radical (unpaired) electrons. The van der Waals surface area contributed by atoms with Crippen LogP contribution >= 0.6 is 0 Å². The number of carbonyl (C=O) groups is 2. The standard InChI is InChI=1S/2C6H11O2.Zn/c2*1-4-6(7)8-5(2)3;/h2*5H,1,4H2,2-3H3;/q2*-1;+2. The number of carbonyl (C=O) groups excluding carboxylic acids is 2. The van der Waals surface area contributed by atoms with Crippen LogP contribution in [0.15, 0.2) is 0 Å². The molecule has 0 unspecified atom stereocenters. The van der Waals surface area contributed by atoms with Crippen molar-refractivity contribution in [1.82, 2.24) is 0 Å². The maximum absolute atomic E-state index is 10.3. The minimum atomic E-state index is -0.236. The number of ether oxygens (including phenoxy) is 2. The summed E-state index contributed by atoms with van der Waals surface area (Å²) in [5.41, 5.74) is 0. The molecule has 0 bridgehead atoms. The Kier molecular flexibility index (Phi) is 17.5. The first-order valence-electron chi connectivity index (χ1n) is 5.30. The Morgan fingerprint density at radius 1 is 0.882 bits per heavy atom. The SMILES string of the molecule is [CH2-]CC(=O)OC(C)C.[CH2-]CC(=O)OC(C)C.[Zn+2]. The van der Waals surface area contributed by atoms with E-state index in [9.17, 15) is 9.59 Å². The van der Waals surface area contributed by atoms with Gasteiger partial charge in [-0.15, -0.1) is 0 Å². The van der Waals surface area contributed by atoms with E-state index >= 15 is 0 Å². The van der Waals surface area contributed by atoms with E-state index in [1.54, 1.807) is 0 Å². The molecule has 0 saturated heterocycles. The van der Waals surface area contributed by atoms with Gasteiger partial charge in [0, 0.05) is 0 Å². The summed E-state index contributed by atoms with van der Waals surface area (Å²) in [6, 6.07) is 0. The quantitative estimate of drug-likeness (QED) is 0.454. The summed E-state index contributed by atoms with van der Waals surface area (Å²) in [6.45, 7) is 14.0. The molecule has 0 N–H and O–H groups in total. The van der Waals surface area contributed by atoms with Crippen LogP contribution in [0, 0.1) is 13.8 Å². The van der Waals surface area contributed by atoms with Crippen LogP contribution in [0.4, 0.5) is 0 Å². The normalized spacial score (nSPS) is 8.94. The van der Waals surface area contributed by atoms with Crippen LogP contribution < -0.4 is 0 Å². The zero-order valence-corrected chi connectivity index (χ0v) is 14.3. The molecule has 0 aliphatic carbocycles.